The molecule has 1 aliphatic carbocycles. The summed E-state index contributed by atoms with van der Waals surface area (Å²) in [7, 11) is -0.845. The molecule has 2 heterocycles. The molecule has 2 saturated heterocycles. The first-order chi connectivity index (χ1) is 12.8. The molecule has 28 heavy (non-hydrogen) atoms. The van der Waals surface area contributed by atoms with Crippen LogP contribution in [0.25, 0.3) is 0 Å². The summed E-state index contributed by atoms with van der Waals surface area (Å²) in [6, 6.07) is 8.66. The van der Waals surface area contributed by atoms with Crippen LogP contribution in [-0.2, 0) is 30.3 Å². The minimum Gasteiger partial charge on any atom is -0.403 e. The van der Waals surface area contributed by atoms with Crippen LogP contribution < -0.4 is 0 Å². The van der Waals surface area contributed by atoms with Gasteiger partial charge in [0.05, 0.1) is 27.6 Å². The fourth-order valence-corrected chi connectivity index (χ4v) is 4.61. The van der Waals surface area contributed by atoms with E-state index in [4.69, 9.17) is 18.6 Å². The minimum atomic E-state index is -0.495. The average molecular weight is 384 g/mol. The smallest absolute Gasteiger partial charge is 0.403 e. The topological polar surface area (TPSA) is 36.9 Å². The third kappa shape index (κ3) is 2.75. The van der Waals surface area contributed by atoms with Gasteiger partial charge in [0.25, 0.3) is 0 Å². The van der Waals surface area contributed by atoms with Crippen LogP contribution in [0.3, 0.4) is 0 Å². The van der Waals surface area contributed by atoms with Gasteiger partial charge in [-0.15, -0.1) is 0 Å². The van der Waals surface area contributed by atoms with Crippen molar-refractivity contribution in [2.75, 3.05) is 0 Å². The van der Waals surface area contributed by atoms with E-state index in [1.54, 1.807) is 0 Å². The maximum Gasteiger partial charge on any atom is 0.466 e. The Hall–Kier alpha value is -0.810. The van der Waals surface area contributed by atoms with Crippen LogP contribution in [-0.4, -0.2) is 36.6 Å². The second kappa shape index (κ2) is 6.10. The molecule has 0 amide bonds. The summed E-state index contributed by atoms with van der Waals surface area (Å²) in [4.78, 5) is 0. The normalized spacial score (nSPS) is 29.0. The molecular formula is C22H34B2O4. The first-order valence-corrected chi connectivity index (χ1v) is 10.6. The summed E-state index contributed by atoms with van der Waals surface area (Å²) in [6.45, 7) is 16.9. The molecule has 2 fully saturated rings. The molecule has 2 aliphatic heterocycles. The highest BCUT2D eigenvalue weighted by molar-refractivity contribution is 6.71. The van der Waals surface area contributed by atoms with Crippen molar-refractivity contribution >= 4 is 14.2 Å². The molecule has 0 N–H and O–H groups in total. The Kier molecular flexibility index (Phi) is 4.46. The summed E-state index contributed by atoms with van der Waals surface area (Å²) < 4.78 is 26.5. The van der Waals surface area contributed by atoms with Crippen LogP contribution in [0, 0.1) is 0 Å². The van der Waals surface area contributed by atoms with E-state index in [1.165, 1.54) is 11.1 Å². The zero-order valence-corrected chi connectivity index (χ0v) is 18.7. The van der Waals surface area contributed by atoms with Crippen molar-refractivity contribution in [3.8, 4) is 0 Å². The van der Waals surface area contributed by atoms with E-state index in [1.807, 2.05) is 0 Å². The maximum absolute atomic E-state index is 6.63. The van der Waals surface area contributed by atoms with E-state index in [0.717, 1.165) is 19.3 Å². The van der Waals surface area contributed by atoms with Gasteiger partial charge in [-0.1, -0.05) is 24.3 Å². The van der Waals surface area contributed by atoms with Crippen LogP contribution >= 0.6 is 0 Å². The van der Waals surface area contributed by atoms with Crippen molar-refractivity contribution in [3.05, 3.63) is 35.4 Å². The van der Waals surface area contributed by atoms with E-state index >= 15 is 0 Å². The van der Waals surface area contributed by atoms with E-state index in [9.17, 15) is 0 Å². The van der Waals surface area contributed by atoms with Gasteiger partial charge in [0.1, 0.15) is 0 Å². The number of benzene rings is 1. The van der Waals surface area contributed by atoms with Crippen molar-refractivity contribution in [1.29, 1.82) is 0 Å². The summed E-state index contributed by atoms with van der Waals surface area (Å²) in [5, 5.41) is -0.495. The monoisotopic (exact) mass is 384 g/mol. The number of hydrogen-bond donors (Lipinski definition) is 0. The number of aryl methyl sites for hydroxylation is 1. The van der Waals surface area contributed by atoms with Crippen molar-refractivity contribution in [3.63, 3.8) is 0 Å². The van der Waals surface area contributed by atoms with Gasteiger partial charge in [0, 0.05) is 0 Å². The van der Waals surface area contributed by atoms with E-state index < -0.39 is 41.9 Å². The highest BCUT2D eigenvalue weighted by Gasteiger charge is 2.70. The zero-order valence-electron chi connectivity index (χ0n) is 18.7. The van der Waals surface area contributed by atoms with Crippen LogP contribution in [0.1, 0.15) is 79.4 Å². The fraction of sp³-hybridized carbons (Fsp3) is 0.727. The largest absolute Gasteiger partial charge is 0.466 e. The molecule has 4 rings (SSSR count). The molecule has 0 aromatic heterocycles. The van der Waals surface area contributed by atoms with E-state index in [0.29, 0.717) is 0 Å². The van der Waals surface area contributed by atoms with Crippen LogP contribution in [0.4, 0.5) is 0 Å². The SMILES string of the molecule is CC1(C)OB(C2(B3OC(C)(C)C(C)(C)O3)CCCc3ccccc32)OC1(C)C. The molecule has 152 valence electrons. The van der Waals surface area contributed by atoms with Gasteiger partial charge < -0.3 is 18.6 Å². The summed E-state index contributed by atoms with van der Waals surface area (Å²) in [5.41, 5.74) is 0.986. The lowest BCUT2D eigenvalue weighted by molar-refractivity contribution is 0.00578. The fourth-order valence-electron chi connectivity index (χ4n) is 4.61. The molecule has 0 bridgehead atoms. The van der Waals surface area contributed by atoms with Crippen molar-refractivity contribution in [2.45, 2.75) is 102 Å². The standard InChI is InChI=1S/C22H34B2O4/c1-18(2)19(3,4)26-23(25-18)22(24-27-20(5,6)21(7,8)28-24)15-11-13-16-12-9-10-14-17(16)22/h9-10,12,14H,11,13,15H2,1-8H3. The molecule has 1 aromatic rings. The summed E-state index contributed by atoms with van der Waals surface area (Å²) >= 11 is 0. The number of rotatable bonds is 2. The van der Waals surface area contributed by atoms with Crippen molar-refractivity contribution in [1.82, 2.24) is 0 Å². The van der Waals surface area contributed by atoms with Gasteiger partial charge in [-0.3, -0.25) is 0 Å². The average Bonchev–Trinajstić information content (AvgIpc) is 2.94. The summed E-state index contributed by atoms with van der Waals surface area (Å²) in [6.07, 6.45) is 3.04. The molecule has 1 aromatic carbocycles. The van der Waals surface area contributed by atoms with Crippen molar-refractivity contribution < 1.29 is 18.6 Å². The second-order valence-corrected chi connectivity index (χ2v) is 10.7. The minimum absolute atomic E-state index is 0.402. The van der Waals surface area contributed by atoms with Gasteiger partial charge in [-0.2, -0.15) is 0 Å². The first-order valence-electron chi connectivity index (χ1n) is 10.6. The van der Waals surface area contributed by atoms with Crippen molar-refractivity contribution in [2.24, 2.45) is 0 Å². The molecule has 0 atom stereocenters. The number of fused-ring (bicyclic) bond motifs is 1. The van der Waals surface area contributed by atoms with Crippen LogP contribution in [0.5, 0.6) is 0 Å². The molecule has 0 unspecified atom stereocenters. The lowest BCUT2D eigenvalue weighted by Gasteiger charge is -2.41. The first kappa shape index (κ1) is 20.5. The predicted octanol–water partition coefficient (Wildman–Crippen LogP) is 4.52. The van der Waals surface area contributed by atoms with E-state index in [-0.39, 0.29) is 0 Å². The van der Waals surface area contributed by atoms with Crippen LogP contribution in [0.15, 0.2) is 24.3 Å². The Labute approximate surface area is 170 Å². The molecule has 0 spiro atoms. The second-order valence-electron chi connectivity index (χ2n) is 10.7. The van der Waals surface area contributed by atoms with Gasteiger partial charge in [-0.05, 0) is 85.8 Å². The van der Waals surface area contributed by atoms with Gasteiger partial charge in [-0.25, -0.2) is 0 Å². The highest BCUT2D eigenvalue weighted by Crippen LogP contribution is 2.53. The molecule has 4 nitrogen and oxygen atoms in total. The Morgan fingerprint density at radius 2 is 1.11 bits per heavy atom. The van der Waals surface area contributed by atoms with Crippen LogP contribution in [0.2, 0.25) is 0 Å². The van der Waals surface area contributed by atoms with E-state index in [2.05, 4.69) is 79.7 Å². The Balaban J connectivity index is 1.86. The third-order valence-corrected chi connectivity index (χ3v) is 7.90. The molecular weight excluding hydrogens is 350 g/mol. The molecule has 0 radical (unpaired) electrons. The molecule has 6 heteroatoms. The number of hydrogen-bond acceptors (Lipinski definition) is 4. The summed E-state index contributed by atoms with van der Waals surface area (Å²) in [5.74, 6) is 0. The highest BCUT2D eigenvalue weighted by atomic mass is 16.7. The van der Waals surface area contributed by atoms with Gasteiger partial charge >= 0.3 is 14.2 Å². The lowest BCUT2D eigenvalue weighted by Crippen LogP contribution is -2.59. The van der Waals surface area contributed by atoms with Gasteiger partial charge in [0.2, 0.25) is 0 Å². The Bertz CT molecular complexity index is 704. The quantitative estimate of drug-likeness (QED) is 0.703. The third-order valence-electron chi connectivity index (χ3n) is 7.90. The Morgan fingerprint density at radius 3 is 1.57 bits per heavy atom. The maximum atomic E-state index is 6.63. The Morgan fingerprint density at radius 1 is 0.679 bits per heavy atom. The molecule has 3 aliphatic rings. The lowest BCUT2D eigenvalue weighted by atomic mass is 9.33. The zero-order chi connectivity index (χ0) is 20.6. The predicted molar refractivity (Wildman–Crippen MR) is 113 cm³/mol. The van der Waals surface area contributed by atoms with Gasteiger partial charge in [0.15, 0.2) is 0 Å². The molecule has 0 saturated carbocycles.